The van der Waals surface area contributed by atoms with Gasteiger partial charge in [0.2, 0.25) is 0 Å². The maximum absolute atomic E-state index is 12.6. The molecule has 4 nitrogen and oxygen atoms in total. The zero-order valence-corrected chi connectivity index (χ0v) is 16.4. The fourth-order valence-electron chi connectivity index (χ4n) is 3.62. The number of hydrogen-bond acceptors (Lipinski definition) is 4. The van der Waals surface area contributed by atoms with Gasteiger partial charge in [-0.3, -0.25) is 9.56 Å². The monoisotopic (exact) mass is 379 g/mol. The molecule has 0 bridgehead atoms. The average Bonchev–Trinajstić information content (AvgIpc) is 2.67. The number of nitrogens with zero attached hydrogens (tertiary/aromatic N) is 1. The fourth-order valence-corrected chi connectivity index (χ4v) is 4.93. The van der Waals surface area contributed by atoms with Gasteiger partial charge in [0.05, 0.1) is 13.2 Å². The van der Waals surface area contributed by atoms with Crippen LogP contribution in [0.15, 0.2) is 59.6 Å². The third-order valence-electron chi connectivity index (χ3n) is 4.70. The minimum absolute atomic E-state index is 0.0245. The van der Waals surface area contributed by atoms with E-state index in [0.717, 1.165) is 10.9 Å². The first-order chi connectivity index (χ1) is 13.1. The molecule has 0 saturated carbocycles. The van der Waals surface area contributed by atoms with Crippen molar-refractivity contribution in [3.63, 3.8) is 0 Å². The molecule has 0 aliphatic carbocycles. The van der Waals surface area contributed by atoms with Gasteiger partial charge in [0.1, 0.15) is 6.29 Å². The molecule has 5 heteroatoms. The number of benzene rings is 4. The van der Waals surface area contributed by atoms with E-state index in [-0.39, 0.29) is 6.29 Å². The van der Waals surface area contributed by atoms with Crippen molar-refractivity contribution in [2.45, 2.75) is 13.8 Å². The van der Waals surface area contributed by atoms with Gasteiger partial charge in [-0.05, 0) is 46.2 Å². The summed E-state index contributed by atoms with van der Waals surface area (Å²) in [5.41, 5.74) is 1.00. The Morgan fingerprint density at radius 1 is 0.852 bits per heavy atom. The van der Waals surface area contributed by atoms with Crippen LogP contribution in [0, 0.1) is 0 Å². The summed E-state index contributed by atoms with van der Waals surface area (Å²) in [5, 5.41) is 7.34. The van der Waals surface area contributed by atoms with Gasteiger partial charge in [-0.25, -0.2) is 0 Å². The molecule has 0 amide bonds. The summed E-state index contributed by atoms with van der Waals surface area (Å²) in [7, 11) is -3.17. The Morgan fingerprint density at radius 2 is 1.44 bits per heavy atom. The molecule has 0 aliphatic rings. The van der Waals surface area contributed by atoms with Crippen molar-refractivity contribution in [1.29, 1.82) is 0 Å². The van der Waals surface area contributed by atoms with Crippen LogP contribution in [0.4, 0.5) is 0 Å². The normalized spacial score (nSPS) is 12.8. The summed E-state index contributed by atoms with van der Waals surface area (Å²) in [5.74, 6) is 0. The van der Waals surface area contributed by atoms with Crippen LogP contribution in [0.3, 0.4) is 0 Å². The standard InChI is InChI=1S/C22H22NO3P/c1-3-25-27(24,26-4-2)15-23-14-19-11-10-18-9-8-16-6-5-7-17-12-13-20(19)22(18)21(16)17/h5-14H,3-4,15H2,1-2H3/b23-14+. The van der Waals surface area contributed by atoms with Crippen LogP contribution in [0.25, 0.3) is 32.3 Å². The largest absolute Gasteiger partial charge is 0.351 e. The molecule has 0 aliphatic heterocycles. The molecular formula is C22H22NO3P. The molecule has 4 aromatic carbocycles. The van der Waals surface area contributed by atoms with Crippen LogP contribution in [0.2, 0.25) is 0 Å². The second-order valence-corrected chi connectivity index (χ2v) is 8.43. The van der Waals surface area contributed by atoms with Gasteiger partial charge in [-0.15, -0.1) is 0 Å². The summed E-state index contributed by atoms with van der Waals surface area (Å²) < 4.78 is 23.2. The van der Waals surface area contributed by atoms with Gasteiger partial charge < -0.3 is 9.05 Å². The van der Waals surface area contributed by atoms with E-state index in [0.29, 0.717) is 13.2 Å². The Labute approximate surface area is 158 Å². The smallest absolute Gasteiger partial charge is 0.308 e. The molecular weight excluding hydrogens is 357 g/mol. The molecule has 0 heterocycles. The van der Waals surface area contributed by atoms with E-state index in [1.807, 2.05) is 0 Å². The third kappa shape index (κ3) is 3.37. The van der Waals surface area contributed by atoms with Gasteiger partial charge in [0.25, 0.3) is 0 Å². The van der Waals surface area contributed by atoms with Crippen molar-refractivity contribution in [1.82, 2.24) is 0 Å². The van der Waals surface area contributed by atoms with Crippen LogP contribution in [-0.2, 0) is 13.6 Å². The van der Waals surface area contributed by atoms with Crippen LogP contribution < -0.4 is 0 Å². The molecule has 27 heavy (non-hydrogen) atoms. The molecule has 0 atom stereocenters. The summed E-state index contributed by atoms with van der Waals surface area (Å²) in [6.45, 7) is 4.28. The molecule has 0 spiro atoms. The van der Waals surface area contributed by atoms with E-state index in [9.17, 15) is 4.57 Å². The van der Waals surface area contributed by atoms with E-state index in [4.69, 9.17) is 9.05 Å². The Balaban J connectivity index is 1.77. The summed E-state index contributed by atoms with van der Waals surface area (Å²) in [6.07, 6.45) is 1.80. The van der Waals surface area contributed by atoms with E-state index >= 15 is 0 Å². The molecule has 0 unspecified atom stereocenters. The molecule has 138 valence electrons. The molecule has 4 aromatic rings. The van der Waals surface area contributed by atoms with Crippen LogP contribution in [0.1, 0.15) is 19.4 Å². The minimum atomic E-state index is -3.17. The Bertz CT molecular complexity index is 1140. The minimum Gasteiger partial charge on any atom is -0.308 e. The summed E-state index contributed by atoms with van der Waals surface area (Å²) in [6, 6.07) is 19.1. The van der Waals surface area contributed by atoms with Crippen molar-refractivity contribution in [3.8, 4) is 0 Å². The average molecular weight is 379 g/mol. The number of hydrogen-bond donors (Lipinski definition) is 0. The Morgan fingerprint density at radius 3 is 2.11 bits per heavy atom. The van der Waals surface area contributed by atoms with Gasteiger partial charge in [-0.1, -0.05) is 54.6 Å². The van der Waals surface area contributed by atoms with E-state index < -0.39 is 7.60 Å². The lowest BCUT2D eigenvalue weighted by Gasteiger charge is -2.14. The highest BCUT2D eigenvalue weighted by atomic mass is 31.2. The lowest BCUT2D eigenvalue weighted by atomic mass is 9.92. The van der Waals surface area contributed by atoms with Gasteiger partial charge >= 0.3 is 7.60 Å². The Hall–Kier alpha value is -2.26. The fraction of sp³-hybridized carbons (Fsp3) is 0.227. The number of rotatable bonds is 7. The first-order valence-electron chi connectivity index (χ1n) is 9.19. The highest BCUT2D eigenvalue weighted by Gasteiger charge is 2.22. The second kappa shape index (κ2) is 7.40. The lowest BCUT2D eigenvalue weighted by Crippen LogP contribution is -1.99. The number of aliphatic imine (C=N–C) groups is 1. The topological polar surface area (TPSA) is 47.9 Å². The summed E-state index contributed by atoms with van der Waals surface area (Å²) >= 11 is 0. The molecule has 0 saturated heterocycles. The molecule has 0 aromatic heterocycles. The maximum Gasteiger partial charge on any atom is 0.351 e. The zero-order chi connectivity index (χ0) is 18.9. The first-order valence-corrected chi connectivity index (χ1v) is 10.9. The van der Waals surface area contributed by atoms with E-state index in [1.165, 1.54) is 26.9 Å². The van der Waals surface area contributed by atoms with E-state index in [1.54, 1.807) is 20.1 Å². The highest BCUT2D eigenvalue weighted by Crippen LogP contribution is 2.47. The van der Waals surface area contributed by atoms with Crippen molar-refractivity contribution >= 4 is 46.1 Å². The predicted octanol–water partition coefficient (Wildman–Crippen LogP) is 6.23. The SMILES string of the molecule is CCOP(=O)(C/N=C/c1ccc2ccc3cccc4ccc1c2c34)OCC. The quantitative estimate of drug-likeness (QED) is 0.217. The van der Waals surface area contributed by atoms with Crippen LogP contribution in [0.5, 0.6) is 0 Å². The van der Waals surface area contributed by atoms with Gasteiger partial charge in [0, 0.05) is 11.8 Å². The van der Waals surface area contributed by atoms with Gasteiger partial charge in [0.15, 0.2) is 0 Å². The van der Waals surface area contributed by atoms with Crippen LogP contribution in [-0.4, -0.2) is 25.7 Å². The third-order valence-corrected chi connectivity index (χ3v) is 6.51. The van der Waals surface area contributed by atoms with Crippen molar-refractivity contribution in [2.24, 2.45) is 4.99 Å². The highest BCUT2D eigenvalue weighted by molar-refractivity contribution is 7.53. The van der Waals surface area contributed by atoms with Crippen molar-refractivity contribution in [2.75, 3.05) is 19.5 Å². The Kier molecular flexibility index (Phi) is 4.96. The molecule has 0 fully saturated rings. The van der Waals surface area contributed by atoms with Crippen LogP contribution >= 0.6 is 7.60 Å². The van der Waals surface area contributed by atoms with Crippen molar-refractivity contribution in [3.05, 3.63) is 60.2 Å². The lowest BCUT2D eigenvalue weighted by molar-refractivity contribution is 0.221. The van der Waals surface area contributed by atoms with E-state index in [2.05, 4.69) is 59.6 Å². The summed E-state index contributed by atoms with van der Waals surface area (Å²) in [4.78, 5) is 4.40. The molecule has 0 radical (unpaired) electrons. The van der Waals surface area contributed by atoms with Gasteiger partial charge in [-0.2, -0.15) is 0 Å². The second-order valence-electron chi connectivity index (χ2n) is 6.41. The zero-order valence-electron chi connectivity index (χ0n) is 15.5. The molecule has 0 N–H and O–H groups in total. The first kappa shape index (κ1) is 18.1. The predicted molar refractivity (Wildman–Crippen MR) is 113 cm³/mol. The molecule has 4 rings (SSSR count). The van der Waals surface area contributed by atoms with Crippen molar-refractivity contribution < 1.29 is 13.6 Å². The maximum atomic E-state index is 12.6.